The Balaban J connectivity index is 2.08. The molecule has 0 aromatic carbocycles. The summed E-state index contributed by atoms with van der Waals surface area (Å²) in [4.78, 5) is 27.3. The molecular weight excluding hydrogens is 558 g/mol. The number of aliphatic hydroxyl groups excluding tert-OH is 2. The molecule has 3 aliphatic heterocycles. The van der Waals surface area contributed by atoms with Crippen LogP contribution in [0, 0.1) is 23.7 Å². The van der Waals surface area contributed by atoms with Crippen LogP contribution in [0.5, 0.6) is 0 Å². The minimum absolute atomic E-state index is 0.0192. The average Bonchev–Trinajstić information content (AvgIpc) is 3.64. The molecule has 0 aromatic heterocycles. The summed E-state index contributed by atoms with van der Waals surface area (Å²) in [5.41, 5.74) is -3.45. The van der Waals surface area contributed by atoms with Gasteiger partial charge in [-0.25, -0.2) is 0 Å². The highest BCUT2D eigenvalue weighted by molar-refractivity contribution is 5.73. The van der Waals surface area contributed by atoms with Gasteiger partial charge in [0.25, 0.3) is 0 Å². The van der Waals surface area contributed by atoms with E-state index in [1.807, 2.05) is 46.7 Å². The molecule has 0 bridgehead atoms. The van der Waals surface area contributed by atoms with E-state index in [0.717, 1.165) is 6.29 Å². The van der Waals surface area contributed by atoms with Crippen molar-refractivity contribution in [2.75, 3.05) is 21.2 Å². The number of methoxy groups -OCH3 is 1. The van der Waals surface area contributed by atoms with Crippen molar-refractivity contribution in [3.8, 4) is 0 Å². The van der Waals surface area contributed by atoms with Gasteiger partial charge in [-0.15, -0.1) is 0 Å². The first kappa shape index (κ1) is 36.3. The maximum atomic E-state index is 13.5. The van der Waals surface area contributed by atoms with Gasteiger partial charge in [0.05, 0.1) is 41.5 Å². The molecule has 0 spiro atoms. The standard InChI is InChI=1S/C32H57NO10/c1-12-23-31(7,38)22(13-14-34)32(8)26(43-32)17(2)16-30(6,39-11)27(19(4)24(35)20(5)28(37)41-23)42-29-25(36)21(33(9)10)15-18(3)40-29/h14,17-27,29,35-36,38H,12-13,15-16H2,1-11H3/t17-,18-,19-,20-,21+,22-,23-,24+,25-,26?,27-,29+,30-,31+,32?/m1/s1. The number of ether oxygens (including phenoxy) is 5. The molecule has 3 aliphatic rings. The fourth-order valence-corrected chi connectivity index (χ4v) is 7.90. The molecular formula is C32H57NO10. The maximum absolute atomic E-state index is 13.5. The molecule has 250 valence electrons. The summed E-state index contributed by atoms with van der Waals surface area (Å²) in [7, 11) is 5.37. The predicted octanol–water partition coefficient (Wildman–Crippen LogP) is 2.31. The van der Waals surface area contributed by atoms with E-state index in [9.17, 15) is 24.9 Å². The molecule has 3 rings (SSSR count). The van der Waals surface area contributed by atoms with E-state index in [0.29, 0.717) is 19.3 Å². The van der Waals surface area contributed by atoms with Gasteiger partial charge in [-0.1, -0.05) is 20.8 Å². The first-order valence-corrected chi connectivity index (χ1v) is 15.8. The highest BCUT2D eigenvalue weighted by Crippen LogP contribution is 2.54. The summed E-state index contributed by atoms with van der Waals surface area (Å²) in [5.74, 6) is -3.09. The van der Waals surface area contributed by atoms with Crippen molar-refractivity contribution >= 4 is 12.3 Å². The fourth-order valence-electron chi connectivity index (χ4n) is 7.90. The molecule has 43 heavy (non-hydrogen) atoms. The van der Waals surface area contributed by atoms with Crippen LogP contribution in [0.25, 0.3) is 0 Å². The predicted molar refractivity (Wildman–Crippen MR) is 159 cm³/mol. The van der Waals surface area contributed by atoms with E-state index in [1.165, 1.54) is 0 Å². The quantitative estimate of drug-likeness (QED) is 0.220. The first-order valence-electron chi connectivity index (χ1n) is 15.8. The number of rotatable bonds is 7. The molecule has 0 aliphatic carbocycles. The topological polar surface area (TPSA) is 148 Å². The summed E-state index contributed by atoms with van der Waals surface area (Å²) in [5, 5.41) is 34.7. The number of epoxide rings is 1. The smallest absolute Gasteiger partial charge is 0.311 e. The van der Waals surface area contributed by atoms with Crippen LogP contribution in [0.1, 0.15) is 81.1 Å². The second-order valence-corrected chi connectivity index (χ2v) is 14.2. The summed E-state index contributed by atoms with van der Waals surface area (Å²) in [6, 6.07) is -0.205. The molecule has 0 radical (unpaired) electrons. The molecule has 2 unspecified atom stereocenters. The average molecular weight is 616 g/mol. The molecule has 11 heteroatoms. The number of hydrogen-bond acceptors (Lipinski definition) is 11. The Morgan fingerprint density at radius 3 is 2.26 bits per heavy atom. The third-order valence-electron chi connectivity index (χ3n) is 10.7. The summed E-state index contributed by atoms with van der Waals surface area (Å²) in [6.45, 7) is 14.5. The van der Waals surface area contributed by atoms with Crippen LogP contribution in [0.3, 0.4) is 0 Å². The Hall–Kier alpha value is -1.18. The number of carbonyl (C=O) groups is 2. The minimum atomic E-state index is -1.57. The van der Waals surface area contributed by atoms with Crippen LogP contribution in [-0.2, 0) is 33.3 Å². The fraction of sp³-hybridized carbons (Fsp3) is 0.938. The number of hydrogen-bond donors (Lipinski definition) is 3. The number of likely N-dealkylation sites (N-methyl/N-ethyl adjacent to an activating group) is 1. The number of esters is 1. The lowest BCUT2D eigenvalue weighted by Crippen LogP contribution is -2.60. The molecule has 3 heterocycles. The Morgan fingerprint density at radius 1 is 1.09 bits per heavy atom. The van der Waals surface area contributed by atoms with Crippen LogP contribution in [-0.4, -0.2) is 119 Å². The van der Waals surface area contributed by atoms with Crippen molar-refractivity contribution in [1.82, 2.24) is 4.90 Å². The van der Waals surface area contributed by atoms with Gasteiger partial charge in [0.2, 0.25) is 0 Å². The molecule has 3 fully saturated rings. The molecule has 0 amide bonds. The second-order valence-electron chi connectivity index (χ2n) is 14.2. The van der Waals surface area contributed by atoms with Crippen molar-refractivity contribution < 1.29 is 48.6 Å². The Kier molecular flexibility index (Phi) is 11.5. The molecule has 11 nitrogen and oxygen atoms in total. The first-order chi connectivity index (χ1) is 19.9. The van der Waals surface area contributed by atoms with Gasteiger partial charge >= 0.3 is 5.97 Å². The molecule has 0 saturated carbocycles. The number of nitrogens with zero attached hydrogens (tertiary/aromatic N) is 1. The van der Waals surface area contributed by atoms with Gasteiger partial charge in [-0.3, -0.25) is 4.79 Å². The lowest BCUT2D eigenvalue weighted by atomic mass is 9.70. The van der Waals surface area contributed by atoms with Gasteiger partial charge in [0.1, 0.15) is 24.1 Å². The van der Waals surface area contributed by atoms with E-state index in [2.05, 4.69) is 0 Å². The van der Waals surface area contributed by atoms with E-state index in [1.54, 1.807) is 34.8 Å². The van der Waals surface area contributed by atoms with Gasteiger partial charge in [-0.2, -0.15) is 0 Å². The summed E-state index contributed by atoms with van der Waals surface area (Å²) in [6.07, 6.45) is -3.31. The highest BCUT2D eigenvalue weighted by Gasteiger charge is 2.66. The lowest BCUT2D eigenvalue weighted by molar-refractivity contribution is -0.301. The van der Waals surface area contributed by atoms with Gasteiger partial charge < -0.3 is 48.7 Å². The number of carbonyl (C=O) groups excluding carboxylic acids is 2. The Labute approximate surface area is 257 Å². The third-order valence-corrected chi connectivity index (χ3v) is 10.7. The number of cyclic esters (lactones) is 1. The zero-order chi connectivity index (χ0) is 32.7. The summed E-state index contributed by atoms with van der Waals surface area (Å²) < 4.78 is 31.1. The van der Waals surface area contributed by atoms with Crippen LogP contribution < -0.4 is 0 Å². The van der Waals surface area contributed by atoms with Gasteiger partial charge in [0.15, 0.2) is 6.29 Å². The minimum Gasteiger partial charge on any atom is -0.459 e. The molecule has 15 atom stereocenters. The van der Waals surface area contributed by atoms with E-state index >= 15 is 0 Å². The van der Waals surface area contributed by atoms with Crippen molar-refractivity contribution in [2.45, 2.75) is 147 Å². The zero-order valence-electron chi connectivity index (χ0n) is 28.0. The van der Waals surface area contributed by atoms with Crippen molar-refractivity contribution in [3.05, 3.63) is 0 Å². The van der Waals surface area contributed by atoms with Crippen molar-refractivity contribution in [2.24, 2.45) is 23.7 Å². The largest absolute Gasteiger partial charge is 0.459 e. The second kappa shape index (κ2) is 13.7. The van der Waals surface area contributed by atoms with Crippen LogP contribution in [0.15, 0.2) is 0 Å². The lowest BCUT2D eigenvalue weighted by Gasteiger charge is -2.48. The SMILES string of the molecule is CC[C@H]1OC(=O)[C@H](C)[C@@H](O)[C@@H](C)[C@@H](O[C@@H]2O[C@H](C)C[C@H](N(C)C)[C@H]2O)[C@](C)(OC)C[C@@H](C)C2OC2(C)[C@H](CC=O)[C@]1(C)O. The molecule has 0 aromatic rings. The van der Waals surface area contributed by atoms with Crippen LogP contribution >= 0.6 is 0 Å². The third kappa shape index (κ3) is 7.14. The normalized spacial score (nSPS) is 50.0. The van der Waals surface area contributed by atoms with E-state index in [4.69, 9.17) is 23.7 Å². The number of aliphatic hydroxyl groups is 3. The van der Waals surface area contributed by atoms with Gasteiger partial charge in [0, 0.05) is 31.4 Å². The van der Waals surface area contributed by atoms with Gasteiger partial charge in [-0.05, 0) is 73.9 Å². The molecule has 3 saturated heterocycles. The van der Waals surface area contributed by atoms with Crippen molar-refractivity contribution in [3.63, 3.8) is 0 Å². The number of aldehydes is 1. The Bertz CT molecular complexity index is 962. The van der Waals surface area contributed by atoms with Crippen LogP contribution in [0.4, 0.5) is 0 Å². The monoisotopic (exact) mass is 615 g/mol. The number of fused-ring (bicyclic) bond motifs is 1. The Morgan fingerprint density at radius 2 is 1.72 bits per heavy atom. The zero-order valence-corrected chi connectivity index (χ0v) is 28.0. The molecule has 3 N–H and O–H groups in total. The highest BCUT2D eigenvalue weighted by atomic mass is 16.7. The maximum Gasteiger partial charge on any atom is 0.311 e. The van der Waals surface area contributed by atoms with E-state index < -0.39 is 71.2 Å². The van der Waals surface area contributed by atoms with Crippen molar-refractivity contribution in [1.29, 1.82) is 0 Å². The van der Waals surface area contributed by atoms with E-state index in [-0.39, 0.29) is 30.6 Å². The van der Waals surface area contributed by atoms with Crippen LogP contribution in [0.2, 0.25) is 0 Å². The summed E-state index contributed by atoms with van der Waals surface area (Å²) >= 11 is 0.